The van der Waals surface area contributed by atoms with Gasteiger partial charge in [-0.3, -0.25) is 4.79 Å². The maximum Gasteiger partial charge on any atom is 0.220 e. The molecule has 1 aliphatic rings. The Morgan fingerprint density at radius 1 is 1.06 bits per heavy atom. The van der Waals surface area contributed by atoms with Crippen molar-refractivity contribution in [3.63, 3.8) is 0 Å². The number of carbonyl (C=O) groups is 1. The lowest BCUT2D eigenvalue weighted by atomic mass is 10.1. The van der Waals surface area contributed by atoms with E-state index in [1.165, 1.54) is 25.7 Å². The van der Waals surface area contributed by atoms with Gasteiger partial charge in [-0.1, -0.05) is 32.3 Å². The number of aliphatic hydroxyl groups is 1. The smallest absolute Gasteiger partial charge is 0.220 e. The second-order valence-corrected chi connectivity index (χ2v) is 5.44. The van der Waals surface area contributed by atoms with Gasteiger partial charge in [0.1, 0.15) is 0 Å². The fraction of sp³-hybridized carbons (Fsp3) is 0.800. The minimum Gasteiger partial charge on any atom is -0.513 e. The lowest BCUT2D eigenvalue weighted by Gasteiger charge is -2.04. The van der Waals surface area contributed by atoms with E-state index >= 15 is 0 Å². The van der Waals surface area contributed by atoms with Crippen LogP contribution in [0, 0.1) is 5.92 Å². The van der Waals surface area contributed by atoms with E-state index in [0.29, 0.717) is 12.2 Å². The zero-order valence-corrected chi connectivity index (χ0v) is 11.4. The van der Waals surface area contributed by atoms with Gasteiger partial charge in [-0.2, -0.15) is 0 Å². The van der Waals surface area contributed by atoms with Crippen LogP contribution < -0.4 is 5.32 Å². The number of aliphatic hydroxyl groups excluding tert-OH is 1. The van der Waals surface area contributed by atoms with Gasteiger partial charge in [-0.05, 0) is 31.6 Å². The van der Waals surface area contributed by atoms with Crippen molar-refractivity contribution >= 4 is 5.91 Å². The number of allylic oxidation sites excluding steroid dienone is 1. The minimum absolute atomic E-state index is 0.221. The molecule has 18 heavy (non-hydrogen) atoms. The fourth-order valence-electron chi connectivity index (χ4n) is 1.99. The first kappa shape index (κ1) is 15.1. The minimum atomic E-state index is 0.221. The number of carbonyl (C=O) groups excluding carboxylic acids is 1. The Labute approximate surface area is 111 Å². The summed E-state index contributed by atoms with van der Waals surface area (Å²) in [6, 6.07) is 0. The zero-order chi connectivity index (χ0) is 13.2. The Balaban J connectivity index is 1.77. The first-order valence-electron chi connectivity index (χ1n) is 7.32. The number of nitrogens with one attached hydrogen (secondary N) is 1. The van der Waals surface area contributed by atoms with Crippen LogP contribution in [0.2, 0.25) is 0 Å². The van der Waals surface area contributed by atoms with Crippen LogP contribution in [0.15, 0.2) is 12.3 Å². The van der Waals surface area contributed by atoms with Gasteiger partial charge in [-0.25, -0.2) is 0 Å². The summed E-state index contributed by atoms with van der Waals surface area (Å²) in [5.74, 6) is 1.29. The summed E-state index contributed by atoms with van der Waals surface area (Å²) in [5, 5.41) is 11.9. The maximum absolute atomic E-state index is 11.4. The Kier molecular flexibility index (Phi) is 7.54. The standard InChI is InChI=1S/C15H27NO2/c1-13(17)8-6-4-2-3-5-7-9-15(18)16-12-14-10-11-14/h14,17H,1-12H2,(H,16,18). The van der Waals surface area contributed by atoms with E-state index in [1.807, 2.05) is 0 Å². The Hall–Kier alpha value is -0.990. The molecule has 3 heteroatoms. The maximum atomic E-state index is 11.4. The molecule has 1 amide bonds. The summed E-state index contributed by atoms with van der Waals surface area (Å²) in [5.41, 5.74) is 0. The van der Waals surface area contributed by atoms with Crippen LogP contribution in [-0.2, 0) is 4.79 Å². The number of amides is 1. The fourth-order valence-corrected chi connectivity index (χ4v) is 1.99. The van der Waals surface area contributed by atoms with Crippen LogP contribution in [0.5, 0.6) is 0 Å². The number of hydrogen-bond acceptors (Lipinski definition) is 2. The molecule has 0 heterocycles. The van der Waals surface area contributed by atoms with Gasteiger partial charge in [-0.15, -0.1) is 0 Å². The third kappa shape index (κ3) is 9.08. The molecule has 0 aromatic rings. The van der Waals surface area contributed by atoms with E-state index in [4.69, 9.17) is 5.11 Å². The van der Waals surface area contributed by atoms with Crippen molar-refractivity contribution in [2.75, 3.05) is 6.54 Å². The number of unbranched alkanes of at least 4 members (excludes halogenated alkanes) is 5. The highest BCUT2D eigenvalue weighted by Crippen LogP contribution is 2.27. The van der Waals surface area contributed by atoms with E-state index in [9.17, 15) is 4.79 Å². The van der Waals surface area contributed by atoms with Gasteiger partial charge in [0, 0.05) is 19.4 Å². The lowest BCUT2D eigenvalue weighted by Crippen LogP contribution is -2.25. The van der Waals surface area contributed by atoms with E-state index < -0.39 is 0 Å². The van der Waals surface area contributed by atoms with E-state index in [-0.39, 0.29) is 5.91 Å². The van der Waals surface area contributed by atoms with Gasteiger partial charge in [0.15, 0.2) is 0 Å². The van der Waals surface area contributed by atoms with Crippen molar-refractivity contribution in [2.45, 2.75) is 64.2 Å². The third-order valence-corrected chi connectivity index (χ3v) is 3.40. The van der Waals surface area contributed by atoms with Gasteiger partial charge in [0.05, 0.1) is 5.76 Å². The molecule has 0 atom stereocenters. The molecular weight excluding hydrogens is 226 g/mol. The molecule has 1 fully saturated rings. The molecule has 0 bridgehead atoms. The van der Waals surface area contributed by atoms with E-state index in [2.05, 4.69) is 11.9 Å². The summed E-state index contributed by atoms with van der Waals surface area (Å²) in [7, 11) is 0. The average molecular weight is 253 g/mol. The molecule has 1 aliphatic carbocycles. The summed E-state index contributed by atoms with van der Waals surface area (Å²) in [6.07, 6.45) is 10.7. The van der Waals surface area contributed by atoms with Crippen molar-refractivity contribution in [3.05, 3.63) is 12.3 Å². The van der Waals surface area contributed by atoms with Gasteiger partial charge in [0.2, 0.25) is 5.91 Å². The molecule has 0 aromatic carbocycles. The van der Waals surface area contributed by atoms with Crippen LogP contribution in [0.3, 0.4) is 0 Å². The van der Waals surface area contributed by atoms with Crippen molar-refractivity contribution in [2.24, 2.45) is 5.92 Å². The molecule has 2 N–H and O–H groups in total. The predicted molar refractivity (Wildman–Crippen MR) is 74.4 cm³/mol. The molecule has 1 rings (SSSR count). The number of hydrogen-bond donors (Lipinski definition) is 2. The summed E-state index contributed by atoms with van der Waals surface area (Å²) in [4.78, 5) is 11.4. The molecule has 0 saturated heterocycles. The van der Waals surface area contributed by atoms with Gasteiger partial charge in [0.25, 0.3) is 0 Å². The number of rotatable bonds is 11. The largest absolute Gasteiger partial charge is 0.513 e. The van der Waals surface area contributed by atoms with Gasteiger partial charge < -0.3 is 10.4 Å². The lowest BCUT2D eigenvalue weighted by molar-refractivity contribution is -0.121. The quantitative estimate of drug-likeness (QED) is 0.435. The summed E-state index contributed by atoms with van der Waals surface area (Å²) in [6.45, 7) is 4.36. The average Bonchev–Trinajstić information content (AvgIpc) is 3.13. The van der Waals surface area contributed by atoms with Crippen molar-refractivity contribution in [1.82, 2.24) is 5.32 Å². The highest BCUT2D eigenvalue weighted by atomic mass is 16.3. The van der Waals surface area contributed by atoms with Crippen LogP contribution in [-0.4, -0.2) is 17.6 Å². The van der Waals surface area contributed by atoms with Crippen molar-refractivity contribution in [3.8, 4) is 0 Å². The first-order valence-corrected chi connectivity index (χ1v) is 7.32. The SMILES string of the molecule is C=C(O)CCCCCCCCC(=O)NCC1CC1. The molecule has 0 aliphatic heterocycles. The van der Waals surface area contributed by atoms with Crippen LogP contribution in [0.1, 0.15) is 64.2 Å². The van der Waals surface area contributed by atoms with E-state index in [0.717, 1.165) is 44.6 Å². The molecule has 3 nitrogen and oxygen atoms in total. The van der Waals surface area contributed by atoms with Crippen LogP contribution >= 0.6 is 0 Å². The molecule has 0 radical (unpaired) electrons. The predicted octanol–water partition coefficient (Wildman–Crippen LogP) is 3.71. The Morgan fingerprint density at radius 2 is 1.61 bits per heavy atom. The van der Waals surface area contributed by atoms with E-state index in [1.54, 1.807) is 0 Å². The van der Waals surface area contributed by atoms with Crippen molar-refractivity contribution < 1.29 is 9.90 Å². The Morgan fingerprint density at radius 3 is 2.17 bits per heavy atom. The molecule has 104 valence electrons. The molecule has 0 aromatic heterocycles. The third-order valence-electron chi connectivity index (χ3n) is 3.40. The highest BCUT2D eigenvalue weighted by Gasteiger charge is 2.21. The van der Waals surface area contributed by atoms with Crippen LogP contribution in [0.25, 0.3) is 0 Å². The van der Waals surface area contributed by atoms with Gasteiger partial charge >= 0.3 is 0 Å². The molecule has 0 unspecified atom stereocenters. The topological polar surface area (TPSA) is 49.3 Å². The molecular formula is C15H27NO2. The summed E-state index contributed by atoms with van der Waals surface area (Å²) < 4.78 is 0. The normalized spacial score (nSPS) is 14.4. The summed E-state index contributed by atoms with van der Waals surface area (Å²) >= 11 is 0. The zero-order valence-electron chi connectivity index (χ0n) is 11.4. The monoisotopic (exact) mass is 253 g/mol. The van der Waals surface area contributed by atoms with Crippen molar-refractivity contribution in [1.29, 1.82) is 0 Å². The van der Waals surface area contributed by atoms with Crippen LogP contribution in [0.4, 0.5) is 0 Å². The highest BCUT2D eigenvalue weighted by molar-refractivity contribution is 5.75. The molecule has 1 saturated carbocycles. The second-order valence-electron chi connectivity index (χ2n) is 5.44. The first-order chi connectivity index (χ1) is 8.68. The Bertz CT molecular complexity index is 259. The second kappa shape index (κ2) is 9.01. The molecule has 0 spiro atoms.